The summed E-state index contributed by atoms with van der Waals surface area (Å²) in [7, 11) is 0. The second-order valence-corrected chi connectivity index (χ2v) is 7.69. The molecule has 4 nitrogen and oxygen atoms in total. The van der Waals surface area contributed by atoms with Gasteiger partial charge in [-0.2, -0.15) is 0 Å². The molecule has 5 heteroatoms. The number of aromatic nitrogens is 2. The van der Waals surface area contributed by atoms with Crippen LogP contribution in [0.4, 0.5) is 5.13 Å². The molecule has 0 unspecified atom stereocenters. The predicted octanol–water partition coefficient (Wildman–Crippen LogP) is 4.26. The molecule has 1 aromatic heterocycles. The number of rotatable bonds is 4. The third-order valence-corrected chi connectivity index (χ3v) is 6.13. The van der Waals surface area contributed by atoms with Crippen molar-refractivity contribution in [2.75, 3.05) is 5.32 Å². The minimum Gasteiger partial charge on any atom is -0.300 e. The van der Waals surface area contributed by atoms with Gasteiger partial charge in [0.25, 0.3) is 0 Å². The topological polar surface area (TPSA) is 54.9 Å². The SMILES string of the molecule is O=C(Nc1nnc(C2CCCCC2)s1)C1(c2ccccc2)CC1. The highest BCUT2D eigenvalue weighted by molar-refractivity contribution is 7.15. The largest absolute Gasteiger partial charge is 0.300 e. The maximum Gasteiger partial charge on any atom is 0.236 e. The lowest BCUT2D eigenvalue weighted by atomic mass is 9.90. The van der Waals surface area contributed by atoms with E-state index >= 15 is 0 Å². The van der Waals surface area contributed by atoms with E-state index in [1.165, 1.54) is 32.1 Å². The molecule has 23 heavy (non-hydrogen) atoms. The van der Waals surface area contributed by atoms with Crippen LogP contribution >= 0.6 is 11.3 Å². The molecule has 1 heterocycles. The van der Waals surface area contributed by atoms with Gasteiger partial charge in [0.2, 0.25) is 11.0 Å². The van der Waals surface area contributed by atoms with E-state index in [-0.39, 0.29) is 11.3 Å². The number of hydrogen-bond acceptors (Lipinski definition) is 4. The maximum absolute atomic E-state index is 12.7. The standard InChI is InChI=1S/C18H21N3OS/c22-16(18(11-12-18)14-9-5-2-6-10-14)19-17-21-20-15(23-17)13-7-3-1-4-8-13/h2,5-6,9-10,13H,1,3-4,7-8,11-12H2,(H,19,21,22). The summed E-state index contributed by atoms with van der Waals surface area (Å²) in [5.41, 5.74) is 0.757. The van der Waals surface area contributed by atoms with Crippen molar-refractivity contribution in [2.24, 2.45) is 0 Å². The first-order chi connectivity index (χ1) is 11.3. The van der Waals surface area contributed by atoms with Crippen molar-refractivity contribution in [3.8, 4) is 0 Å². The van der Waals surface area contributed by atoms with Gasteiger partial charge in [-0.25, -0.2) is 0 Å². The zero-order valence-corrected chi connectivity index (χ0v) is 13.9. The van der Waals surface area contributed by atoms with Crippen LogP contribution < -0.4 is 5.32 Å². The Kier molecular flexibility index (Phi) is 3.89. The van der Waals surface area contributed by atoms with Crippen molar-refractivity contribution >= 4 is 22.4 Å². The molecule has 2 fully saturated rings. The summed E-state index contributed by atoms with van der Waals surface area (Å²) >= 11 is 1.55. The van der Waals surface area contributed by atoms with Gasteiger partial charge in [0.05, 0.1) is 5.41 Å². The Balaban J connectivity index is 1.46. The Morgan fingerprint density at radius 3 is 2.52 bits per heavy atom. The van der Waals surface area contributed by atoms with Crippen LogP contribution in [0.15, 0.2) is 30.3 Å². The Bertz CT molecular complexity index is 687. The van der Waals surface area contributed by atoms with E-state index in [9.17, 15) is 4.79 Å². The summed E-state index contributed by atoms with van der Waals surface area (Å²) in [5.74, 6) is 0.603. The van der Waals surface area contributed by atoms with Crippen molar-refractivity contribution in [3.05, 3.63) is 40.9 Å². The smallest absolute Gasteiger partial charge is 0.236 e. The van der Waals surface area contributed by atoms with Crippen molar-refractivity contribution in [2.45, 2.75) is 56.3 Å². The molecule has 0 saturated heterocycles. The Morgan fingerprint density at radius 1 is 1.09 bits per heavy atom. The van der Waals surface area contributed by atoms with Crippen LogP contribution in [0.25, 0.3) is 0 Å². The fraction of sp³-hybridized carbons (Fsp3) is 0.500. The van der Waals surface area contributed by atoms with Gasteiger partial charge in [-0.1, -0.05) is 60.9 Å². The van der Waals surface area contributed by atoms with Gasteiger partial charge in [0.1, 0.15) is 5.01 Å². The van der Waals surface area contributed by atoms with Gasteiger partial charge in [0, 0.05) is 5.92 Å². The van der Waals surface area contributed by atoms with Gasteiger partial charge in [-0.3, -0.25) is 10.1 Å². The van der Waals surface area contributed by atoms with Crippen molar-refractivity contribution in [3.63, 3.8) is 0 Å². The molecular weight excluding hydrogens is 306 g/mol. The molecule has 2 aliphatic carbocycles. The second kappa shape index (κ2) is 6.04. The molecule has 0 bridgehead atoms. The van der Waals surface area contributed by atoms with Crippen LogP contribution in [0.5, 0.6) is 0 Å². The molecule has 2 aliphatic rings. The highest BCUT2D eigenvalue weighted by Gasteiger charge is 2.51. The lowest BCUT2D eigenvalue weighted by molar-refractivity contribution is -0.118. The number of amides is 1. The van der Waals surface area contributed by atoms with E-state index in [1.54, 1.807) is 11.3 Å². The lowest BCUT2D eigenvalue weighted by Crippen LogP contribution is -2.27. The quantitative estimate of drug-likeness (QED) is 0.913. The fourth-order valence-corrected chi connectivity index (χ4v) is 4.45. The zero-order chi connectivity index (χ0) is 15.7. The molecule has 2 saturated carbocycles. The summed E-state index contributed by atoms with van der Waals surface area (Å²) in [6.45, 7) is 0. The maximum atomic E-state index is 12.7. The first-order valence-corrected chi connectivity index (χ1v) is 9.30. The summed E-state index contributed by atoms with van der Waals surface area (Å²) < 4.78 is 0. The predicted molar refractivity (Wildman–Crippen MR) is 91.7 cm³/mol. The number of nitrogens with one attached hydrogen (secondary N) is 1. The summed E-state index contributed by atoms with van der Waals surface area (Å²) in [6.07, 6.45) is 8.13. The van der Waals surface area contributed by atoms with Crippen molar-refractivity contribution < 1.29 is 4.79 Å². The molecule has 1 N–H and O–H groups in total. The molecule has 4 rings (SSSR count). The fourth-order valence-electron chi connectivity index (χ4n) is 3.55. The summed E-state index contributed by atoms with van der Waals surface area (Å²) in [4.78, 5) is 12.7. The lowest BCUT2D eigenvalue weighted by Gasteiger charge is -2.18. The monoisotopic (exact) mass is 327 g/mol. The van der Waals surface area contributed by atoms with Crippen LogP contribution in [-0.4, -0.2) is 16.1 Å². The van der Waals surface area contributed by atoms with E-state index in [1.807, 2.05) is 30.3 Å². The van der Waals surface area contributed by atoms with Crippen LogP contribution in [-0.2, 0) is 10.2 Å². The molecule has 120 valence electrons. The molecular formula is C18H21N3OS. The van der Waals surface area contributed by atoms with E-state index in [0.717, 1.165) is 23.4 Å². The second-order valence-electron chi connectivity index (χ2n) is 6.68. The number of carbonyl (C=O) groups excluding carboxylic acids is 1. The summed E-state index contributed by atoms with van der Waals surface area (Å²) in [6, 6.07) is 10.1. The molecule has 1 amide bonds. The molecule has 0 aliphatic heterocycles. The van der Waals surface area contributed by atoms with E-state index in [0.29, 0.717) is 11.0 Å². The van der Waals surface area contributed by atoms with E-state index < -0.39 is 0 Å². The van der Waals surface area contributed by atoms with Crippen LogP contribution in [0.2, 0.25) is 0 Å². The molecule has 0 spiro atoms. The van der Waals surface area contributed by atoms with Gasteiger partial charge in [0.15, 0.2) is 0 Å². The molecule has 2 aromatic rings. The minimum atomic E-state index is -0.349. The highest BCUT2D eigenvalue weighted by Crippen LogP contribution is 2.49. The van der Waals surface area contributed by atoms with Crippen LogP contribution in [0, 0.1) is 0 Å². The van der Waals surface area contributed by atoms with E-state index in [2.05, 4.69) is 15.5 Å². The number of carbonyl (C=O) groups is 1. The van der Waals surface area contributed by atoms with Crippen molar-refractivity contribution in [1.82, 2.24) is 10.2 Å². The van der Waals surface area contributed by atoms with Gasteiger partial charge in [-0.05, 0) is 31.2 Å². The Labute approximate surface area is 140 Å². The highest BCUT2D eigenvalue weighted by atomic mass is 32.1. The number of anilines is 1. The van der Waals surface area contributed by atoms with Crippen LogP contribution in [0.1, 0.15) is 61.4 Å². The van der Waals surface area contributed by atoms with Gasteiger partial charge in [-0.15, -0.1) is 10.2 Å². The van der Waals surface area contributed by atoms with Gasteiger partial charge >= 0.3 is 0 Å². The number of nitrogens with zero attached hydrogens (tertiary/aromatic N) is 2. The first-order valence-electron chi connectivity index (χ1n) is 8.48. The number of hydrogen-bond donors (Lipinski definition) is 1. The molecule has 1 aromatic carbocycles. The Hall–Kier alpha value is -1.75. The summed E-state index contributed by atoms with van der Waals surface area (Å²) in [5, 5.41) is 13.3. The first kappa shape index (κ1) is 14.8. The Morgan fingerprint density at radius 2 is 1.83 bits per heavy atom. The number of benzene rings is 1. The van der Waals surface area contributed by atoms with Crippen molar-refractivity contribution in [1.29, 1.82) is 0 Å². The molecule has 0 atom stereocenters. The average Bonchev–Trinajstić information content (AvgIpc) is 3.30. The van der Waals surface area contributed by atoms with E-state index in [4.69, 9.17) is 0 Å². The van der Waals surface area contributed by atoms with Crippen LogP contribution in [0.3, 0.4) is 0 Å². The third-order valence-electron chi connectivity index (χ3n) is 5.13. The normalized spacial score (nSPS) is 20.2. The molecule has 0 radical (unpaired) electrons. The van der Waals surface area contributed by atoms with Gasteiger partial charge < -0.3 is 0 Å². The minimum absolute atomic E-state index is 0.0649. The third kappa shape index (κ3) is 2.90. The average molecular weight is 327 g/mol. The zero-order valence-electron chi connectivity index (χ0n) is 13.1.